The van der Waals surface area contributed by atoms with Gasteiger partial charge in [-0.1, -0.05) is 19.3 Å². The number of hydrogen-bond acceptors (Lipinski definition) is 3. The molecule has 0 spiro atoms. The predicted molar refractivity (Wildman–Crippen MR) is 52.9 cm³/mol. The third kappa shape index (κ3) is 1.47. The molecule has 0 unspecified atom stereocenters. The lowest BCUT2D eigenvalue weighted by molar-refractivity contribution is 0.0876. The van der Waals surface area contributed by atoms with Crippen molar-refractivity contribution in [2.45, 2.75) is 37.6 Å². The Kier molecular flexibility index (Phi) is 2.63. The lowest BCUT2D eigenvalue weighted by atomic mass is 9.80. The quantitative estimate of drug-likeness (QED) is 0.723. The minimum atomic E-state index is -0.169. The van der Waals surface area contributed by atoms with Crippen LogP contribution in [0.2, 0.25) is 0 Å². The van der Waals surface area contributed by atoms with Crippen LogP contribution in [-0.4, -0.2) is 36.2 Å². The highest BCUT2D eigenvalue weighted by molar-refractivity contribution is 5.70. The van der Waals surface area contributed by atoms with Crippen molar-refractivity contribution in [2.75, 3.05) is 19.7 Å². The van der Waals surface area contributed by atoms with E-state index < -0.39 is 0 Å². The van der Waals surface area contributed by atoms with Crippen molar-refractivity contribution in [2.24, 2.45) is 5.73 Å². The van der Waals surface area contributed by atoms with Gasteiger partial charge in [-0.3, -0.25) is 4.90 Å². The van der Waals surface area contributed by atoms with Gasteiger partial charge in [0.1, 0.15) is 6.61 Å². The summed E-state index contributed by atoms with van der Waals surface area (Å²) in [6, 6.07) is 0. The van der Waals surface area contributed by atoms with Crippen molar-refractivity contribution in [1.29, 1.82) is 0 Å². The third-order valence-corrected chi connectivity index (χ3v) is 3.50. The molecule has 2 rings (SSSR count). The molecule has 0 bridgehead atoms. The van der Waals surface area contributed by atoms with Crippen molar-refractivity contribution in [3.63, 3.8) is 0 Å². The summed E-state index contributed by atoms with van der Waals surface area (Å²) in [7, 11) is 0. The number of rotatable bonds is 2. The zero-order chi connectivity index (χ0) is 10.0. The monoisotopic (exact) mass is 198 g/mol. The van der Waals surface area contributed by atoms with Gasteiger partial charge in [0.25, 0.3) is 0 Å². The maximum atomic E-state index is 11.5. The smallest absolute Gasteiger partial charge is 0.410 e. The van der Waals surface area contributed by atoms with Crippen LogP contribution in [-0.2, 0) is 4.74 Å². The van der Waals surface area contributed by atoms with Crippen LogP contribution in [0.15, 0.2) is 0 Å². The average Bonchev–Trinajstić information content (AvgIpc) is 2.66. The molecule has 2 aliphatic rings. The highest BCUT2D eigenvalue weighted by Gasteiger charge is 2.42. The van der Waals surface area contributed by atoms with Crippen LogP contribution in [0.1, 0.15) is 32.1 Å². The number of nitrogens with two attached hydrogens (primary N) is 1. The molecule has 0 aromatic heterocycles. The second-order valence-corrected chi connectivity index (χ2v) is 4.26. The average molecular weight is 198 g/mol. The Morgan fingerprint density at radius 3 is 2.57 bits per heavy atom. The molecule has 1 aliphatic carbocycles. The highest BCUT2D eigenvalue weighted by atomic mass is 16.6. The fourth-order valence-corrected chi connectivity index (χ4v) is 2.62. The molecule has 1 aliphatic heterocycles. The first-order valence-corrected chi connectivity index (χ1v) is 5.43. The van der Waals surface area contributed by atoms with E-state index in [2.05, 4.69) is 0 Å². The topological polar surface area (TPSA) is 55.6 Å². The summed E-state index contributed by atoms with van der Waals surface area (Å²) >= 11 is 0. The van der Waals surface area contributed by atoms with Crippen molar-refractivity contribution < 1.29 is 9.53 Å². The summed E-state index contributed by atoms with van der Waals surface area (Å²) in [4.78, 5) is 13.3. The van der Waals surface area contributed by atoms with Gasteiger partial charge in [0.2, 0.25) is 0 Å². The normalized spacial score (nSPS) is 26.4. The molecule has 0 aromatic carbocycles. The number of hydrogen-bond donors (Lipinski definition) is 1. The van der Waals surface area contributed by atoms with Gasteiger partial charge in [0, 0.05) is 6.54 Å². The van der Waals surface area contributed by atoms with Crippen molar-refractivity contribution in [3.05, 3.63) is 0 Å². The minimum absolute atomic E-state index is 0.0914. The summed E-state index contributed by atoms with van der Waals surface area (Å²) in [5.74, 6) is 0. The van der Waals surface area contributed by atoms with Crippen LogP contribution in [0, 0.1) is 0 Å². The number of carbonyl (C=O) groups excluding carboxylic acids is 1. The Labute approximate surface area is 84.4 Å². The van der Waals surface area contributed by atoms with E-state index in [-0.39, 0.29) is 11.6 Å². The lowest BCUT2D eigenvalue weighted by Crippen LogP contribution is -2.55. The summed E-state index contributed by atoms with van der Waals surface area (Å²) < 4.78 is 4.98. The summed E-state index contributed by atoms with van der Waals surface area (Å²) in [5.41, 5.74) is 5.74. The molecular weight excluding hydrogens is 180 g/mol. The molecule has 2 fully saturated rings. The van der Waals surface area contributed by atoms with Gasteiger partial charge in [-0.2, -0.15) is 0 Å². The van der Waals surface area contributed by atoms with Gasteiger partial charge in [0.15, 0.2) is 0 Å². The minimum Gasteiger partial charge on any atom is -0.448 e. The zero-order valence-corrected chi connectivity index (χ0v) is 8.50. The summed E-state index contributed by atoms with van der Waals surface area (Å²) in [6.07, 6.45) is 5.54. The Morgan fingerprint density at radius 2 is 2.07 bits per heavy atom. The molecular formula is C10H18N2O2. The van der Waals surface area contributed by atoms with Crippen molar-refractivity contribution in [1.82, 2.24) is 4.90 Å². The molecule has 80 valence electrons. The number of nitrogens with zero attached hydrogens (tertiary/aromatic N) is 1. The molecule has 0 aromatic rings. The van der Waals surface area contributed by atoms with E-state index in [0.717, 1.165) is 19.4 Å². The Hall–Kier alpha value is -0.770. The molecule has 1 saturated heterocycles. The van der Waals surface area contributed by atoms with E-state index in [0.29, 0.717) is 13.2 Å². The van der Waals surface area contributed by atoms with E-state index in [4.69, 9.17) is 10.5 Å². The van der Waals surface area contributed by atoms with Gasteiger partial charge in [0.05, 0.1) is 12.1 Å². The number of ether oxygens (including phenoxy) is 1. The van der Waals surface area contributed by atoms with Crippen LogP contribution in [0.25, 0.3) is 0 Å². The van der Waals surface area contributed by atoms with Crippen LogP contribution < -0.4 is 5.73 Å². The first kappa shape index (κ1) is 9.77. The summed E-state index contributed by atoms with van der Waals surface area (Å²) in [6.45, 7) is 1.82. The van der Waals surface area contributed by atoms with Gasteiger partial charge < -0.3 is 10.5 Å². The maximum absolute atomic E-state index is 11.5. The Bertz CT molecular complexity index is 224. The molecule has 0 radical (unpaired) electrons. The Morgan fingerprint density at radius 1 is 1.36 bits per heavy atom. The van der Waals surface area contributed by atoms with E-state index in [1.54, 1.807) is 0 Å². The largest absolute Gasteiger partial charge is 0.448 e. The first-order chi connectivity index (χ1) is 6.78. The van der Waals surface area contributed by atoms with E-state index in [1.807, 2.05) is 4.90 Å². The second kappa shape index (κ2) is 3.77. The molecule has 1 saturated carbocycles. The number of cyclic esters (lactones) is 1. The molecule has 1 amide bonds. The molecule has 1 heterocycles. The van der Waals surface area contributed by atoms with Crippen LogP contribution >= 0.6 is 0 Å². The predicted octanol–water partition coefficient (Wildman–Crippen LogP) is 1.10. The molecule has 4 heteroatoms. The van der Waals surface area contributed by atoms with E-state index in [1.165, 1.54) is 19.3 Å². The Balaban J connectivity index is 2.13. The third-order valence-electron chi connectivity index (χ3n) is 3.50. The summed E-state index contributed by atoms with van der Waals surface area (Å²) in [5, 5.41) is 0. The van der Waals surface area contributed by atoms with E-state index >= 15 is 0 Å². The van der Waals surface area contributed by atoms with Crippen LogP contribution in [0.5, 0.6) is 0 Å². The molecule has 4 nitrogen and oxygen atoms in total. The second-order valence-electron chi connectivity index (χ2n) is 4.26. The fraction of sp³-hybridized carbons (Fsp3) is 0.900. The molecule has 14 heavy (non-hydrogen) atoms. The van der Waals surface area contributed by atoms with Crippen LogP contribution in [0.4, 0.5) is 4.79 Å². The number of carbonyl (C=O) groups is 1. The highest BCUT2D eigenvalue weighted by Crippen LogP contribution is 2.34. The zero-order valence-electron chi connectivity index (χ0n) is 8.50. The van der Waals surface area contributed by atoms with Gasteiger partial charge in [-0.25, -0.2) is 4.79 Å². The van der Waals surface area contributed by atoms with Gasteiger partial charge in [-0.05, 0) is 12.8 Å². The SMILES string of the molecule is NCC1(N2CCOC2=O)CCCCC1. The number of amides is 1. The molecule has 0 atom stereocenters. The van der Waals surface area contributed by atoms with Gasteiger partial charge >= 0.3 is 6.09 Å². The van der Waals surface area contributed by atoms with Crippen molar-refractivity contribution in [3.8, 4) is 0 Å². The lowest BCUT2D eigenvalue weighted by Gasteiger charge is -2.42. The fourth-order valence-electron chi connectivity index (χ4n) is 2.62. The first-order valence-electron chi connectivity index (χ1n) is 5.43. The van der Waals surface area contributed by atoms with Crippen LogP contribution in [0.3, 0.4) is 0 Å². The standard InChI is InChI=1S/C10H18N2O2/c11-8-10(4-2-1-3-5-10)12-6-7-14-9(12)13/h1-8,11H2. The van der Waals surface area contributed by atoms with Gasteiger partial charge in [-0.15, -0.1) is 0 Å². The van der Waals surface area contributed by atoms with Crippen molar-refractivity contribution >= 4 is 6.09 Å². The molecule has 2 N–H and O–H groups in total. The maximum Gasteiger partial charge on any atom is 0.410 e. The van der Waals surface area contributed by atoms with E-state index in [9.17, 15) is 4.79 Å².